The lowest BCUT2D eigenvalue weighted by Crippen LogP contribution is -2.13. The van der Waals surface area contributed by atoms with Gasteiger partial charge in [0.2, 0.25) is 0 Å². The lowest BCUT2D eigenvalue weighted by Gasteiger charge is -2.05. The van der Waals surface area contributed by atoms with Crippen molar-refractivity contribution in [2.24, 2.45) is 0 Å². The molecule has 4 nitrogen and oxygen atoms in total. The highest BCUT2D eigenvalue weighted by Crippen LogP contribution is 2.04. The molecule has 1 aromatic heterocycles. The second kappa shape index (κ2) is 5.44. The average molecular weight is 247 g/mol. The molecule has 94 valence electrons. The van der Waals surface area contributed by atoms with Gasteiger partial charge in [-0.1, -0.05) is 12.1 Å². The zero-order chi connectivity index (χ0) is 13.0. The highest BCUT2D eigenvalue weighted by atomic mass is 19.1. The Morgan fingerprint density at radius 1 is 1.33 bits per heavy atom. The van der Waals surface area contributed by atoms with E-state index in [1.807, 2.05) is 0 Å². The molecule has 0 radical (unpaired) electrons. The van der Waals surface area contributed by atoms with Crippen LogP contribution in [0.15, 0.2) is 35.1 Å². The van der Waals surface area contributed by atoms with E-state index in [1.54, 1.807) is 19.1 Å². The molecule has 0 fully saturated rings. The minimum absolute atomic E-state index is 0.174. The van der Waals surface area contributed by atoms with Crippen molar-refractivity contribution in [3.8, 4) is 0 Å². The van der Waals surface area contributed by atoms with Crippen LogP contribution >= 0.6 is 0 Å². The molecule has 2 aromatic rings. The van der Waals surface area contributed by atoms with Crippen LogP contribution in [0, 0.1) is 12.7 Å². The molecule has 0 aliphatic rings. The van der Waals surface area contributed by atoms with Crippen molar-refractivity contribution in [3.63, 3.8) is 0 Å². The molecule has 0 aliphatic carbocycles. The quantitative estimate of drug-likeness (QED) is 0.867. The molecule has 1 heterocycles. The topological polar surface area (TPSA) is 57.8 Å². The van der Waals surface area contributed by atoms with Gasteiger partial charge in [0.15, 0.2) is 0 Å². The highest BCUT2D eigenvalue weighted by molar-refractivity contribution is 5.33. The third-order valence-electron chi connectivity index (χ3n) is 2.49. The highest BCUT2D eigenvalue weighted by Gasteiger charge is 1.98. The molecule has 2 N–H and O–H groups in total. The molecular formula is C13H14FN3O. The first-order chi connectivity index (χ1) is 8.63. The zero-order valence-electron chi connectivity index (χ0n) is 10.0. The standard InChI is InChI=1S/C13H14FN3O/c1-9-16-12(8-13(18)17-9)15-7-6-10-2-4-11(14)5-3-10/h2-5,8H,6-7H2,1H3,(H2,15,16,17,18). The van der Waals surface area contributed by atoms with Crippen LogP contribution in [0.3, 0.4) is 0 Å². The Kier molecular flexibility index (Phi) is 3.72. The number of nitrogens with one attached hydrogen (secondary N) is 2. The molecule has 1 aromatic carbocycles. The number of anilines is 1. The van der Waals surface area contributed by atoms with Crippen molar-refractivity contribution < 1.29 is 4.39 Å². The van der Waals surface area contributed by atoms with Gasteiger partial charge in [-0.15, -0.1) is 0 Å². The molecular weight excluding hydrogens is 233 g/mol. The van der Waals surface area contributed by atoms with E-state index in [9.17, 15) is 9.18 Å². The molecule has 5 heteroatoms. The van der Waals surface area contributed by atoms with Gasteiger partial charge in [0, 0.05) is 12.6 Å². The van der Waals surface area contributed by atoms with E-state index in [-0.39, 0.29) is 11.4 Å². The predicted molar refractivity (Wildman–Crippen MR) is 68.2 cm³/mol. The van der Waals surface area contributed by atoms with E-state index in [0.717, 1.165) is 12.0 Å². The Bertz CT molecular complexity index is 578. The number of benzene rings is 1. The molecule has 0 saturated carbocycles. The normalized spacial score (nSPS) is 10.3. The minimum Gasteiger partial charge on any atom is -0.370 e. The fraction of sp³-hybridized carbons (Fsp3) is 0.231. The summed E-state index contributed by atoms with van der Waals surface area (Å²) < 4.78 is 12.7. The number of hydrogen-bond donors (Lipinski definition) is 2. The maximum atomic E-state index is 12.7. The SMILES string of the molecule is Cc1nc(NCCc2ccc(F)cc2)cc(=O)[nH]1. The molecule has 18 heavy (non-hydrogen) atoms. The lowest BCUT2D eigenvalue weighted by molar-refractivity contribution is 0.627. The smallest absolute Gasteiger partial charge is 0.252 e. The van der Waals surface area contributed by atoms with Crippen LogP contribution in [0.1, 0.15) is 11.4 Å². The van der Waals surface area contributed by atoms with Gasteiger partial charge >= 0.3 is 0 Å². The van der Waals surface area contributed by atoms with Crippen molar-refractivity contribution in [1.29, 1.82) is 0 Å². The molecule has 0 atom stereocenters. The third kappa shape index (κ3) is 3.41. The van der Waals surface area contributed by atoms with Crippen LogP contribution in [0.25, 0.3) is 0 Å². The van der Waals surface area contributed by atoms with Crippen molar-refractivity contribution >= 4 is 5.82 Å². The van der Waals surface area contributed by atoms with Gasteiger partial charge in [-0.3, -0.25) is 4.79 Å². The Balaban J connectivity index is 1.92. The van der Waals surface area contributed by atoms with E-state index in [0.29, 0.717) is 18.2 Å². The first-order valence-corrected chi connectivity index (χ1v) is 5.70. The van der Waals surface area contributed by atoms with E-state index in [4.69, 9.17) is 0 Å². The van der Waals surface area contributed by atoms with Crippen LogP contribution in [-0.2, 0) is 6.42 Å². The molecule has 2 rings (SSSR count). The molecule has 0 amide bonds. The van der Waals surface area contributed by atoms with E-state index in [1.165, 1.54) is 18.2 Å². The van der Waals surface area contributed by atoms with E-state index in [2.05, 4.69) is 15.3 Å². The van der Waals surface area contributed by atoms with Crippen molar-refractivity contribution in [2.45, 2.75) is 13.3 Å². The second-order valence-electron chi connectivity index (χ2n) is 4.02. The maximum Gasteiger partial charge on any atom is 0.252 e. The van der Waals surface area contributed by atoms with Gasteiger partial charge < -0.3 is 10.3 Å². The van der Waals surface area contributed by atoms with E-state index < -0.39 is 0 Å². The summed E-state index contributed by atoms with van der Waals surface area (Å²) in [4.78, 5) is 17.9. The Morgan fingerprint density at radius 3 is 2.72 bits per heavy atom. The fourth-order valence-electron chi connectivity index (χ4n) is 1.66. The molecule has 0 bridgehead atoms. The summed E-state index contributed by atoms with van der Waals surface area (Å²) in [5.74, 6) is 0.892. The van der Waals surface area contributed by atoms with Crippen LogP contribution < -0.4 is 10.9 Å². The van der Waals surface area contributed by atoms with Crippen LogP contribution in [0.2, 0.25) is 0 Å². The predicted octanol–water partition coefficient (Wildman–Crippen LogP) is 1.87. The monoisotopic (exact) mass is 247 g/mol. The van der Waals surface area contributed by atoms with Crippen molar-refractivity contribution in [2.75, 3.05) is 11.9 Å². The molecule has 0 spiro atoms. The Morgan fingerprint density at radius 2 is 2.06 bits per heavy atom. The summed E-state index contributed by atoms with van der Waals surface area (Å²) in [6, 6.07) is 7.77. The number of nitrogens with zero attached hydrogens (tertiary/aromatic N) is 1. The van der Waals surface area contributed by atoms with E-state index >= 15 is 0 Å². The van der Waals surface area contributed by atoms with Gasteiger partial charge in [0.25, 0.3) is 5.56 Å². The summed E-state index contributed by atoms with van der Waals surface area (Å²) >= 11 is 0. The number of rotatable bonds is 4. The Hall–Kier alpha value is -2.17. The average Bonchev–Trinajstić information content (AvgIpc) is 2.30. The first-order valence-electron chi connectivity index (χ1n) is 5.70. The zero-order valence-corrected chi connectivity index (χ0v) is 10.0. The molecule has 0 saturated heterocycles. The number of halogens is 1. The Labute approximate surface area is 104 Å². The minimum atomic E-state index is -0.237. The van der Waals surface area contributed by atoms with Crippen molar-refractivity contribution in [3.05, 3.63) is 57.9 Å². The fourth-order valence-corrected chi connectivity index (χ4v) is 1.66. The number of H-pyrrole nitrogens is 1. The number of aromatic amines is 1. The summed E-state index contributed by atoms with van der Waals surface area (Å²) in [5, 5.41) is 3.06. The summed E-state index contributed by atoms with van der Waals surface area (Å²) in [6.45, 7) is 2.37. The number of aryl methyl sites for hydroxylation is 1. The molecule has 0 unspecified atom stereocenters. The number of hydrogen-bond acceptors (Lipinski definition) is 3. The second-order valence-corrected chi connectivity index (χ2v) is 4.02. The maximum absolute atomic E-state index is 12.7. The third-order valence-corrected chi connectivity index (χ3v) is 2.49. The van der Waals surface area contributed by atoms with Crippen LogP contribution in [0.4, 0.5) is 10.2 Å². The first kappa shape index (κ1) is 12.3. The molecule has 0 aliphatic heterocycles. The van der Waals surface area contributed by atoms with Gasteiger partial charge in [0.05, 0.1) is 0 Å². The summed E-state index contributed by atoms with van der Waals surface area (Å²) in [5.41, 5.74) is 0.859. The largest absolute Gasteiger partial charge is 0.370 e. The van der Waals surface area contributed by atoms with Gasteiger partial charge in [-0.25, -0.2) is 9.37 Å². The van der Waals surface area contributed by atoms with Crippen LogP contribution in [0.5, 0.6) is 0 Å². The number of aromatic nitrogens is 2. The van der Waals surface area contributed by atoms with Crippen LogP contribution in [-0.4, -0.2) is 16.5 Å². The van der Waals surface area contributed by atoms with Crippen molar-refractivity contribution in [1.82, 2.24) is 9.97 Å². The summed E-state index contributed by atoms with van der Waals surface area (Å²) in [6.07, 6.45) is 0.744. The van der Waals surface area contributed by atoms with Gasteiger partial charge in [-0.05, 0) is 31.0 Å². The summed E-state index contributed by atoms with van der Waals surface area (Å²) in [7, 11) is 0. The van der Waals surface area contributed by atoms with Gasteiger partial charge in [0.1, 0.15) is 17.5 Å². The van der Waals surface area contributed by atoms with Gasteiger partial charge in [-0.2, -0.15) is 0 Å². The lowest BCUT2D eigenvalue weighted by atomic mass is 10.1.